The summed E-state index contributed by atoms with van der Waals surface area (Å²) < 4.78 is 0. The summed E-state index contributed by atoms with van der Waals surface area (Å²) in [5.41, 5.74) is 18.7. The van der Waals surface area contributed by atoms with Gasteiger partial charge in [-0.3, -0.25) is 0 Å². The summed E-state index contributed by atoms with van der Waals surface area (Å²) in [4.78, 5) is 4.86. The van der Waals surface area contributed by atoms with Crippen LogP contribution in [0.2, 0.25) is 0 Å². The first-order valence-electron chi connectivity index (χ1n) is 21.1. The van der Waals surface area contributed by atoms with Crippen LogP contribution in [0.3, 0.4) is 0 Å². The number of hydrogen-bond donors (Lipinski definition) is 0. The second-order valence-electron chi connectivity index (χ2n) is 16.0. The Morgan fingerprint density at radius 3 is 1.26 bits per heavy atom. The molecular weight excluding hydrogens is 737 g/mol. The number of rotatable bonds is 8. The fraction of sp³-hybridized carbons (Fsp3) is 0.0169. The minimum Gasteiger partial charge on any atom is -0.310 e. The van der Waals surface area contributed by atoms with Gasteiger partial charge < -0.3 is 9.80 Å². The summed E-state index contributed by atoms with van der Waals surface area (Å²) in [6, 6.07) is 89.1. The van der Waals surface area contributed by atoms with Crippen LogP contribution >= 0.6 is 0 Å². The number of anilines is 6. The summed E-state index contributed by atoms with van der Waals surface area (Å²) in [6.07, 6.45) is 0. The normalized spacial score (nSPS) is 12.7. The molecule has 0 heterocycles. The molecule has 12 rings (SSSR count). The second kappa shape index (κ2) is 14.1. The molecule has 0 bridgehead atoms. The maximum Gasteiger partial charge on any atom is 0.0715 e. The van der Waals surface area contributed by atoms with Crippen molar-refractivity contribution in [1.29, 1.82) is 0 Å². The zero-order valence-electron chi connectivity index (χ0n) is 33.5. The van der Waals surface area contributed by atoms with Gasteiger partial charge in [-0.1, -0.05) is 176 Å². The Morgan fingerprint density at radius 1 is 0.279 bits per heavy atom. The Balaban J connectivity index is 1.14. The monoisotopic (exact) mass is 776 g/mol. The van der Waals surface area contributed by atoms with Crippen LogP contribution in [0.15, 0.2) is 243 Å². The molecule has 0 fully saturated rings. The fourth-order valence-corrected chi connectivity index (χ4v) is 10.3. The van der Waals surface area contributed by atoms with Gasteiger partial charge in [-0.15, -0.1) is 0 Å². The van der Waals surface area contributed by atoms with E-state index in [9.17, 15) is 0 Å². The predicted octanol–water partition coefficient (Wildman–Crippen LogP) is 15.8. The van der Waals surface area contributed by atoms with E-state index in [1.54, 1.807) is 0 Å². The van der Waals surface area contributed by atoms with Gasteiger partial charge in [0.25, 0.3) is 0 Å². The van der Waals surface area contributed by atoms with Gasteiger partial charge in [0, 0.05) is 34.0 Å². The third-order valence-electron chi connectivity index (χ3n) is 12.8. The van der Waals surface area contributed by atoms with Crippen LogP contribution in [0, 0.1) is 0 Å². The van der Waals surface area contributed by atoms with E-state index < -0.39 is 5.41 Å². The summed E-state index contributed by atoms with van der Waals surface area (Å²) in [7, 11) is 0. The number of fused-ring (bicyclic) bond motifs is 6. The summed E-state index contributed by atoms with van der Waals surface area (Å²) in [5, 5.41) is 2.57. The topological polar surface area (TPSA) is 6.48 Å². The zero-order chi connectivity index (χ0) is 40.3. The van der Waals surface area contributed by atoms with Crippen LogP contribution in [0.4, 0.5) is 34.1 Å². The Hall–Kier alpha value is -7.94. The quantitative estimate of drug-likeness (QED) is 0.152. The van der Waals surface area contributed by atoms with E-state index in [1.807, 2.05) is 0 Å². The highest BCUT2D eigenvalue weighted by Crippen LogP contribution is 2.59. The summed E-state index contributed by atoms with van der Waals surface area (Å²) in [5.74, 6) is 0. The molecule has 0 aliphatic heterocycles. The molecule has 0 radical (unpaired) electrons. The second-order valence-corrected chi connectivity index (χ2v) is 16.0. The average molecular weight is 777 g/mol. The van der Waals surface area contributed by atoms with Crippen molar-refractivity contribution in [3.63, 3.8) is 0 Å². The van der Waals surface area contributed by atoms with Gasteiger partial charge in [0.1, 0.15) is 0 Å². The first-order chi connectivity index (χ1) is 30.3. The highest BCUT2D eigenvalue weighted by atomic mass is 15.1. The third kappa shape index (κ3) is 5.36. The van der Waals surface area contributed by atoms with Gasteiger partial charge in [-0.25, -0.2) is 0 Å². The lowest BCUT2D eigenvalue weighted by molar-refractivity contribution is 0.768. The molecule has 0 N–H and O–H groups in total. The van der Waals surface area contributed by atoms with Crippen molar-refractivity contribution < 1.29 is 0 Å². The molecule has 0 aromatic heterocycles. The van der Waals surface area contributed by atoms with Crippen molar-refractivity contribution in [1.82, 2.24) is 0 Å². The van der Waals surface area contributed by atoms with Gasteiger partial charge in [0.05, 0.1) is 11.1 Å². The van der Waals surface area contributed by atoms with Crippen molar-refractivity contribution in [2.75, 3.05) is 9.80 Å². The minimum atomic E-state index is -0.624. The Kier molecular flexibility index (Phi) is 8.11. The van der Waals surface area contributed by atoms with Crippen LogP contribution in [0.5, 0.6) is 0 Å². The molecule has 286 valence electrons. The molecule has 10 aromatic carbocycles. The number of para-hydroxylation sites is 3. The first-order valence-corrected chi connectivity index (χ1v) is 21.1. The van der Waals surface area contributed by atoms with E-state index in [1.165, 1.54) is 72.1 Å². The van der Waals surface area contributed by atoms with Crippen LogP contribution in [0.25, 0.3) is 44.2 Å². The van der Waals surface area contributed by atoms with E-state index in [0.29, 0.717) is 0 Å². The van der Waals surface area contributed by atoms with Crippen molar-refractivity contribution in [3.8, 4) is 33.4 Å². The van der Waals surface area contributed by atoms with Crippen LogP contribution in [-0.2, 0) is 5.41 Å². The largest absolute Gasteiger partial charge is 0.310 e. The van der Waals surface area contributed by atoms with Gasteiger partial charge in [0.2, 0.25) is 0 Å². The first kappa shape index (κ1) is 35.0. The van der Waals surface area contributed by atoms with E-state index >= 15 is 0 Å². The molecule has 0 amide bonds. The summed E-state index contributed by atoms with van der Waals surface area (Å²) in [6.45, 7) is 0. The summed E-state index contributed by atoms with van der Waals surface area (Å²) >= 11 is 0. The van der Waals surface area contributed by atoms with E-state index in [0.717, 1.165) is 28.4 Å². The van der Waals surface area contributed by atoms with Gasteiger partial charge in [-0.05, 0) is 128 Å². The SMILES string of the molecule is c1ccc(N(c2ccccc2)c2ccc3c(c2)C(c2ccccc2)(c2ccccc2)c2cc(N(c4ccccc4)c4ccc5cccc6c5c4-c4ccccc4-6)ccc2-3)cc1. The molecule has 0 spiro atoms. The van der Waals surface area contributed by atoms with E-state index in [2.05, 4.69) is 252 Å². The van der Waals surface area contributed by atoms with Crippen molar-refractivity contribution in [3.05, 3.63) is 265 Å². The maximum absolute atomic E-state index is 2.48. The molecule has 0 saturated heterocycles. The maximum atomic E-state index is 2.48. The van der Waals surface area contributed by atoms with E-state index in [4.69, 9.17) is 0 Å². The molecule has 2 heteroatoms. The number of hydrogen-bond acceptors (Lipinski definition) is 2. The van der Waals surface area contributed by atoms with Crippen LogP contribution < -0.4 is 9.80 Å². The van der Waals surface area contributed by atoms with Crippen LogP contribution in [0.1, 0.15) is 22.3 Å². The number of benzene rings is 10. The lowest BCUT2D eigenvalue weighted by Crippen LogP contribution is -2.29. The average Bonchev–Trinajstić information content (AvgIpc) is 3.83. The highest BCUT2D eigenvalue weighted by Gasteiger charge is 2.47. The van der Waals surface area contributed by atoms with Gasteiger partial charge >= 0.3 is 0 Å². The van der Waals surface area contributed by atoms with Crippen molar-refractivity contribution in [2.24, 2.45) is 0 Å². The predicted molar refractivity (Wildman–Crippen MR) is 255 cm³/mol. The molecule has 0 atom stereocenters. The van der Waals surface area contributed by atoms with Gasteiger partial charge in [-0.2, -0.15) is 0 Å². The Bertz CT molecular complexity index is 3150. The standard InChI is InChI=1S/C59H40N2/c1-6-20-42(21-7-1)59(43-22-8-2-9-23-43)54-39-47(60(44-24-10-3-11-25-44)45-26-12-4-13-27-45)34-36-50(54)51-37-35-48(40-55(51)59)61(46-28-14-5-15-29-46)56-38-33-41-19-18-32-52-49-30-16-17-31-53(49)58(56)57(41)52/h1-40H. The molecular formula is C59H40N2. The van der Waals surface area contributed by atoms with Crippen molar-refractivity contribution in [2.45, 2.75) is 5.41 Å². The smallest absolute Gasteiger partial charge is 0.0715 e. The lowest BCUT2D eigenvalue weighted by Gasteiger charge is -2.36. The molecule has 0 unspecified atom stereocenters. The molecule has 10 aromatic rings. The van der Waals surface area contributed by atoms with E-state index in [-0.39, 0.29) is 0 Å². The number of nitrogens with zero attached hydrogens (tertiary/aromatic N) is 2. The van der Waals surface area contributed by atoms with Crippen molar-refractivity contribution >= 4 is 44.9 Å². The van der Waals surface area contributed by atoms with Crippen LogP contribution in [-0.4, -0.2) is 0 Å². The lowest BCUT2D eigenvalue weighted by atomic mass is 9.67. The molecule has 61 heavy (non-hydrogen) atoms. The highest BCUT2D eigenvalue weighted by molar-refractivity contribution is 6.19. The molecule has 0 saturated carbocycles. The van der Waals surface area contributed by atoms with Gasteiger partial charge in [0.15, 0.2) is 0 Å². The Morgan fingerprint density at radius 2 is 0.721 bits per heavy atom. The zero-order valence-corrected chi connectivity index (χ0v) is 33.5. The molecule has 2 aliphatic carbocycles. The third-order valence-corrected chi connectivity index (χ3v) is 12.8. The molecule has 2 nitrogen and oxygen atoms in total. The molecule has 2 aliphatic rings. The fourth-order valence-electron chi connectivity index (χ4n) is 10.3. The Labute approximate surface area is 356 Å². The minimum absolute atomic E-state index is 0.624.